The number of nitriles is 1. The number of aromatic nitrogens is 1. The zero-order chi connectivity index (χ0) is 16.4. The molecule has 23 heavy (non-hydrogen) atoms. The molecule has 1 heterocycles. The highest BCUT2D eigenvalue weighted by Crippen LogP contribution is 2.20. The second-order valence-corrected chi connectivity index (χ2v) is 4.91. The van der Waals surface area contributed by atoms with Gasteiger partial charge in [-0.25, -0.2) is 9.37 Å². The Labute approximate surface area is 131 Å². The Balaban J connectivity index is 1.96. The van der Waals surface area contributed by atoms with E-state index in [2.05, 4.69) is 10.3 Å². The van der Waals surface area contributed by atoms with Crippen molar-refractivity contribution in [1.29, 1.82) is 5.26 Å². The van der Waals surface area contributed by atoms with Crippen molar-refractivity contribution >= 4 is 28.3 Å². The van der Waals surface area contributed by atoms with Crippen LogP contribution in [0.5, 0.6) is 0 Å². The largest absolute Gasteiger partial charge is 0.383 e. The lowest BCUT2D eigenvalue weighted by molar-refractivity contribution is 0.102. The number of hydrogen-bond donors (Lipinski definition) is 2. The van der Waals surface area contributed by atoms with Gasteiger partial charge in [-0.15, -0.1) is 0 Å². The van der Waals surface area contributed by atoms with Crippen LogP contribution in [-0.2, 0) is 0 Å². The molecule has 0 saturated heterocycles. The molecule has 6 heteroatoms. The van der Waals surface area contributed by atoms with Crippen LogP contribution >= 0.6 is 0 Å². The molecule has 0 unspecified atom stereocenters. The van der Waals surface area contributed by atoms with Crippen LogP contribution in [0.25, 0.3) is 10.9 Å². The second kappa shape index (κ2) is 5.73. The van der Waals surface area contributed by atoms with Crippen molar-refractivity contribution in [1.82, 2.24) is 4.98 Å². The predicted molar refractivity (Wildman–Crippen MR) is 85.2 cm³/mol. The van der Waals surface area contributed by atoms with Crippen molar-refractivity contribution in [2.75, 3.05) is 11.1 Å². The Hall–Kier alpha value is -3.46. The second-order valence-electron chi connectivity index (χ2n) is 4.91. The number of carbonyl (C=O) groups is 1. The van der Waals surface area contributed by atoms with Crippen molar-refractivity contribution in [3.63, 3.8) is 0 Å². The standard InChI is InChI=1S/C17H11FN4O/c18-12-5-10(9-19)6-13(8-12)21-17(23)14-7-11-3-1-2-4-15(11)22-16(14)20/h1-8H,(H2,20,22)(H,21,23). The highest BCUT2D eigenvalue weighted by Gasteiger charge is 2.13. The molecule has 0 aliphatic heterocycles. The number of nitrogens with one attached hydrogen (secondary N) is 1. The first-order valence-corrected chi connectivity index (χ1v) is 6.74. The maximum absolute atomic E-state index is 13.4. The lowest BCUT2D eigenvalue weighted by Gasteiger charge is -2.09. The van der Waals surface area contributed by atoms with E-state index < -0.39 is 11.7 Å². The van der Waals surface area contributed by atoms with E-state index >= 15 is 0 Å². The number of nitrogen functional groups attached to an aromatic ring is 1. The van der Waals surface area contributed by atoms with E-state index in [9.17, 15) is 9.18 Å². The van der Waals surface area contributed by atoms with Gasteiger partial charge >= 0.3 is 0 Å². The molecule has 0 bridgehead atoms. The van der Waals surface area contributed by atoms with E-state index in [1.54, 1.807) is 12.1 Å². The van der Waals surface area contributed by atoms with Gasteiger partial charge in [0.15, 0.2) is 0 Å². The van der Waals surface area contributed by atoms with Gasteiger partial charge in [-0.1, -0.05) is 18.2 Å². The highest BCUT2D eigenvalue weighted by atomic mass is 19.1. The first-order chi connectivity index (χ1) is 11.1. The van der Waals surface area contributed by atoms with Crippen molar-refractivity contribution < 1.29 is 9.18 Å². The van der Waals surface area contributed by atoms with E-state index in [0.717, 1.165) is 17.5 Å². The molecule has 2 aromatic carbocycles. The van der Waals surface area contributed by atoms with Gasteiger partial charge in [0.1, 0.15) is 11.6 Å². The summed E-state index contributed by atoms with van der Waals surface area (Å²) in [7, 11) is 0. The SMILES string of the molecule is N#Cc1cc(F)cc(NC(=O)c2cc3ccccc3nc2N)c1. The molecular weight excluding hydrogens is 295 g/mol. The van der Waals surface area contributed by atoms with Crippen molar-refractivity contribution in [3.05, 3.63) is 65.5 Å². The highest BCUT2D eigenvalue weighted by molar-refractivity contribution is 6.09. The number of halogens is 1. The van der Waals surface area contributed by atoms with Crippen LogP contribution in [0.3, 0.4) is 0 Å². The average Bonchev–Trinajstić information content (AvgIpc) is 2.53. The Morgan fingerprint density at radius 2 is 2.00 bits per heavy atom. The predicted octanol–water partition coefficient (Wildman–Crippen LogP) is 3.08. The summed E-state index contributed by atoms with van der Waals surface area (Å²) in [6.07, 6.45) is 0. The zero-order valence-electron chi connectivity index (χ0n) is 11.9. The third-order valence-corrected chi connectivity index (χ3v) is 3.28. The minimum Gasteiger partial charge on any atom is -0.383 e. The Morgan fingerprint density at radius 1 is 1.22 bits per heavy atom. The first-order valence-electron chi connectivity index (χ1n) is 6.74. The summed E-state index contributed by atoms with van der Waals surface area (Å²) in [4.78, 5) is 16.5. The van der Waals surface area contributed by atoms with Crippen molar-refractivity contribution in [2.24, 2.45) is 0 Å². The summed E-state index contributed by atoms with van der Waals surface area (Å²) in [5.74, 6) is -1.04. The minimum atomic E-state index is -0.607. The van der Waals surface area contributed by atoms with Gasteiger partial charge in [-0.2, -0.15) is 5.26 Å². The summed E-state index contributed by atoms with van der Waals surface area (Å²) in [5.41, 5.74) is 6.99. The Morgan fingerprint density at radius 3 is 2.78 bits per heavy atom. The fourth-order valence-electron chi connectivity index (χ4n) is 2.24. The molecule has 5 nitrogen and oxygen atoms in total. The van der Waals surface area contributed by atoms with E-state index in [-0.39, 0.29) is 22.6 Å². The summed E-state index contributed by atoms with van der Waals surface area (Å²) in [5, 5.41) is 12.1. The third-order valence-electron chi connectivity index (χ3n) is 3.28. The van der Waals surface area contributed by atoms with Crippen LogP contribution < -0.4 is 11.1 Å². The van der Waals surface area contributed by atoms with E-state index in [0.29, 0.717) is 5.52 Å². The molecule has 0 aliphatic carbocycles. The fraction of sp³-hybridized carbons (Fsp3) is 0. The molecule has 0 fully saturated rings. The molecule has 0 atom stereocenters. The summed E-state index contributed by atoms with van der Waals surface area (Å²) in [6, 6.07) is 14.3. The molecule has 0 saturated carbocycles. The van der Waals surface area contributed by atoms with E-state index in [1.165, 1.54) is 6.07 Å². The molecule has 3 rings (SSSR count). The number of carbonyl (C=O) groups excluding carboxylic acids is 1. The number of para-hydroxylation sites is 1. The molecule has 1 amide bonds. The number of anilines is 2. The quantitative estimate of drug-likeness (QED) is 0.761. The summed E-state index contributed by atoms with van der Waals surface area (Å²) < 4.78 is 13.4. The van der Waals surface area contributed by atoms with Crippen molar-refractivity contribution in [3.8, 4) is 6.07 Å². The topological polar surface area (TPSA) is 91.8 Å². The normalized spacial score (nSPS) is 10.3. The molecule has 3 aromatic rings. The number of benzene rings is 2. The number of nitrogens with zero attached hydrogens (tertiary/aromatic N) is 2. The lowest BCUT2D eigenvalue weighted by atomic mass is 10.1. The van der Waals surface area contributed by atoms with Gasteiger partial charge in [0.2, 0.25) is 0 Å². The number of pyridine rings is 1. The number of nitrogens with two attached hydrogens (primary N) is 1. The van der Waals surface area contributed by atoms with Crippen LogP contribution in [0.4, 0.5) is 15.9 Å². The van der Waals surface area contributed by atoms with Crippen LogP contribution in [0.1, 0.15) is 15.9 Å². The lowest BCUT2D eigenvalue weighted by Crippen LogP contribution is -2.15. The third kappa shape index (κ3) is 2.94. The first kappa shape index (κ1) is 14.5. The average molecular weight is 306 g/mol. The number of rotatable bonds is 2. The molecule has 0 aliphatic rings. The van der Waals surface area contributed by atoms with Gasteiger partial charge in [0, 0.05) is 11.1 Å². The van der Waals surface area contributed by atoms with E-state index in [1.807, 2.05) is 24.3 Å². The number of amides is 1. The molecule has 112 valence electrons. The maximum atomic E-state index is 13.4. The van der Waals surface area contributed by atoms with Gasteiger partial charge in [0.05, 0.1) is 22.7 Å². The van der Waals surface area contributed by atoms with Crippen molar-refractivity contribution in [2.45, 2.75) is 0 Å². The van der Waals surface area contributed by atoms with Crippen LogP contribution in [-0.4, -0.2) is 10.9 Å². The minimum absolute atomic E-state index is 0.0816. The Kier molecular flexibility index (Phi) is 3.61. The fourth-order valence-corrected chi connectivity index (χ4v) is 2.24. The summed E-state index contributed by atoms with van der Waals surface area (Å²) in [6.45, 7) is 0. The zero-order valence-corrected chi connectivity index (χ0v) is 11.9. The molecule has 0 radical (unpaired) electrons. The van der Waals surface area contributed by atoms with Gasteiger partial charge < -0.3 is 11.1 Å². The molecule has 1 aromatic heterocycles. The Bertz CT molecular complexity index is 962. The number of hydrogen-bond acceptors (Lipinski definition) is 4. The monoisotopic (exact) mass is 306 g/mol. The smallest absolute Gasteiger partial charge is 0.259 e. The van der Waals surface area contributed by atoms with Crippen LogP contribution in [0.15, 0.2) is 48.5 Å². The summed E-state index contributed by atoms with van der Waals surface area (Å²) >= 11 is 0. The van der Waals surface area contributed by atoms with Gasteiger partial charge in [0.25, 0.3) is 5.91 Å². The maximum Gasteiger partial charge on any atom is 0.259 e. The van der Waals surface area contributed by atoms with Crippen LogP contribution in [0, 0.1) is 17.1 Å². The molecule has 3 N–H and O–H groups in total. The number of fused-ring (bicyclic) bond motifs is 1. The van der Waals surface area contributed by atoms with Gasteiger partial charge in [-0.05, 0) is 30.3 Å². The van der Waals surface area contributed by atoms with Gasteiger partial charge in [-0.3, -0.25) is 4.79 Å². The molecular formula is C17H11FN4O. The molecule has 0 spiro atoms. The van der Waals surface area contributed by atoms with Crippen LogP contribution in [0.2, 0.25) is 0 Å². The van der Waals surface area contributed by atoms with E-state index in [4.69, 9.17) is 11.0 Å².